The van der Waals surface area contributed by atoms with Crippen LogP contribution in [0, 0.1) is 10.1 Å². The summed E-state index contributed by atoms with van der Waals surface area (Å²) < 4.78 is 10.4. The van der Waals surface area contributed by atoms with Crippen molar-refractivity contribution in [1.29, 1.82) is 0 Å². The number of hydrazone groups is 1. The Bertz CT molecular complexity index is 1100. The van der Waals surface area contributed by atoms with Gasteiger partial charge in [0.1, 0.15) is 11.5 Å². The highest BCUT2D eigenvalue weighted by atomic mass is 16.6. The number of carbonyl (C=O) groups is 2. The fourth-order valence-electron chi connectivity index (χ4n) is 2.53. The number of amides is 1. The molecule has 0 atom stereocenters. The molecule has 146 valence electrons. The molecule has 9 nitrogen and oxygen atoms in total. The SMILES string of the molecule is COC(=O)c1ccccc1-c1ccc(/C=N\NC(=O)c2cccc([N+](=O)[O-])c2)o1. The van der Waals surface area contributed by atoms with Crippen LogP contribution in [0.5, 0.6) is 0 Å². The number of esters is 1. The van der Waals surface area contributed by atoms with Gasteiger partial charge in [0.25, 0.3) is 11.6 Å². The molecule has 0 aliphatic carbocycles. The number of nitrogens with zero attached hydrogens (tertiary/aromatic N) is 2. The van der Waals surface area contributed by atoms with E-state index in [-0.39, 0.29) is 11.3 Å². The largest absolute Gasteiger partial charge is 0.465 e. The zero-order valence-corrected chi connectivity index (χ0v) is 15.2. The van der Waals surface area contributed by atoms with Crippen LogP contribution in [0.25, 0.3) is 11.3 Å². The van der Waals surface area contributed by atoms with Gasteiger partial charge in [-0.25, -0.2) is 10.2 Å². The Labute approximate surface area is 164 Å². The summed E-state index contributed by atoms with van der Waals surface area (Å²) in [5.41, 5.74) is 3.09. The third-order valence-corrected chi connectivity index (χ3v) is 3.90. The summed E-state index contributed by atoms with van der Waals surface area (Å²) in [5, 5.41) is 14.6. The van der Waals surface area contributed by atoms with Crippen LogP contribution >= 0.6 is 0 Å². The van der Waals surface area contributed by atoms with E-state index in [2.05, 4.69) is 10.5 Å². The molecule has 0 spiro atoms. The van der Waals surface area contributed by atoms with Crippen molar-refractivity contribution < 1.29 is 23.7 Å². The number of nitro benzene ring substituents is 1. The molecule has 0 saturated carbocycles. The van der Waals surface area contributed by atoms with Gasteiger partial charge in [-0.15, -0.1) is 0 Å². The van der Waals surface area contributed by atoms with E-state index in [9.17, 15) is 19.7 Å². The summed E-state index contributed by atoms with van der Waals surface area (Å²) in [7, 11) is 1.30. The van der Waals surface area contributed by atoms with Crippen LogP contribution in [0.3, 0.4) is 0 Å². The standard InChI is InChI=1S/C20H15N3O6/c1-28-20(25)17-8-3-2-7-16(17)18-10-9-15(29-18)12-21-22-19(24)13-5-4-6-14(11-13)23(26)27/h2-12H,1H3,(H,22,24)/b21-12-. The zero-order valence-electron chi connectivity index (χ0n) is 15.2. The minimum Gasteiger partial charge on any atom is -0.465 e. The van der Waals surface area contributed by atoms with E-state index in [0.29, 0.717) is 22.6 Å². The lowest BCUT2D eigenvalue weighted by Gasteiger charge is -2.04. The molecule has 9 heteroatoms. The van der Waals surface area contributed by atoms with Crippen molar-refractivity contribution in [2.75, 3.05) is 7.11 Å². The zero-order chi connectivity index (χ0) is 20.8. The molecule has 1 N–H and O–H groups in total. The van der Waals surface area contributed by atoms with E-state index in [1.807, 2.05) is 0 Å². The highest BCUT2D eigenvalue weighted by Gasteiger charge is 2.15. The number of benzene rings is 2. The normalized spacial score (nSPS) is 10.7. The summed E-state index contributed by atoms with van der Waals surface area (Å²) in [6, 6.07) is 15.4. The fourth-order valence-corrected chi connectivity index (χ4v) is 2.53. The van der Waals surface area contributed by atoms with Gasteiger partial charge in [0.05, 0.1) is 23.8 Å². The average molecular weight is 393 g/mol. The summed E-state index contributed by atoms with van der Waals surface area (Å²) in [5.74, 6) is -0.333. The van der Waals surface area contributed by atoms with Crippen LogP contribution in [-0.2, 0) is 4.74 Å². The molecule has 0 aliphatic heterocycles. The summed E-state index contributed by atoms with van der Waals surface area (Å²) in [4.78, 5) is 34.1. The van der Waals surface area contributed by atoms with Gasteiger partial charge in [-0.05, 0) is 24.3 Å². The third-order valence-electron chi connectivity index (χ3n) is 3.90. The maximum Gasteiger partial charge on any atom is 0.338 e. The second-order valence-corrected chi connectivity index (χ2v) is 5.75. The topological polar surface area (TPSA) is 124 Å². The van der Waals surface area contributed by atoms with Crippen molar-refractivity contribution in [2.45, 2.75) is 0 Å². The maximum atomic E-state index is 12.1. The van der Waals surface area contributed by atoms with Crippen molar-refractivity contribution in [2.24, 2.45) is 5.10 Å². The van der Waals surface area contributed by atoms with E-state index < -0.39 is 16.8 Å². The lowest BCUT2D eigenvalue weighted by molar-refractivity contribution is -0.384. The molecule has 0 saturated heterocycles. The van der Waals surface area contributed by atoms with Crippen LogP contribution in [0.2, 0.25) is 0 Å². The van der Waals surface area contributed by atoms with Crippen molar-refractivity contribution in [3.8, 4) is 11.3 Å². The molecule has 0 radical (unpaired) electrons. The van der Waals surface area contributed by atoms with E-state index in [1.54, 1.807) is 36.4 Å². The third kappa shape index (κ3) is 4.53. The summed E-state index contributed by atoms with van der Waals surface area (Å²) in [6.45, 7) is 0. The number of carbonyl (C=O) groups excluding carboxylic acids is 2. The van der Waals surface area contributed by atoms with Crippen molar-refractivity contribution >= 4 is 23.8 Å². The molecule has 0 unspecified atom stereocenters. The molecule has 2 aromatic carbocycles. The van der Waals surface area contributed by atoms with Crippen molar-refractivity contribution in [1.82, 2.24) is 5.43 Å². The maximum absolute atomic E-state index is 12.1. The fraction of sp³-hybridized carbons (Fsp3) is 0.0500. The molecular weight excluding hydrogens is 378 g/mol. The monoisotopic (exact) mass is 393 g/mol. The van der Waals surface area contributed by atoms with Gasteiger partial charge in [-0.3, -0.25) is 14.9 Å². The number of methoxy groups -OCH3 is 1. The van der Waals surface area contributed by atoms with Gasteiger partial charge >= 0.3 is 5.97 Å². The first-order valence-electron chi connectivity index (χ1n) is 8.35. The molecule has 1 amide bonds. The molecule has 0 bridgehead atoms. The Hall–Kier alpha value is -4.27. The first-order valence-corrected chi connectivity index (χ1v) is 8.35. The smallest absolute Gasteiger partial charge is 0.338 e. The molecular formula is C20H15N3O6. The number of non-ortho nitro benzene ring substituents is 1. The Morgan fingerprint density at radius 2 is 1.93 bits per heavy atom. The van der Waals surface area contributed by atoms with Crippen LogP contribution in [0.1, 0.15) is 26.5 Å². The number of hydrogen-bond donors (Lipinski definition) is 1. The van der Waals surface area contributed by atoms with E-state index in [0.717, 1.165) is 6.07 Å². The summed E-state index contributed by atoms with van der Waals surface area (Å²) >= 11 is 0. The summed E-state index contributed by atoms with van der Waals surface area (Å²) in [6.07, 6.45) is 1.28. The number of ether oxygens (including phenoxy) is 1. The molecule has 0 fully saturated rings. The van der Waals surface area contributed by atoms with E-state index >= 15 is 0 Å². The van der Waals surface area contributed by atoms with Crippen LogP contribution < -0.4 is 5.43 Å². The van der Waals surface area contributed by atoms with Crippen LogP contribution in [0.15, 0.2) is 70.2 Å². The number of furan rings is 1. The molecule has 0 aliphatic rings. The minimum absolute atomic E-state index is 0.100. The van der Waals surface area contributed by atoms with E-state index in [1.165, 1.54) is 31.5 Å². The Morgan fingerprint density at radius 3 is 2.69 bits per heavy atom. The predicted molar refractivity (Wildman–Crippen MR) is 104 cm³/mol. The number of nitrogens with one attached hydrogen (secondary N) is 1. The quantitative estimate of drug-likeness (QED) is 0.296. The van der Waals surface area contributed by atoms with Crippen molar-refractivity contribution in [3.63, 3.8) is 0 Å². The van der Waals surface area contributed by atoms with Gasteiger partial charge in [-0.2, -0.15) is 5.10 Å². The predicted octanol–water partition coefficient (Wildman–Crippen LogP) is 3.41. The van der Waals surface area contributed by atoms with Gasteiger partial charge in [-0.1, -0.05) is 24.3 Å². The molecule has 3 rings (SSSR count). The second-order valence-electron chi connectivity index (χ2n) is 5.75. The first kappa shape index (κ1) is 19.5. The number of nitro groups is 1. The minimum atomic E-state index is -0.604. The molecule has 1 aromatic heterocycles. The highest BCUT2D eigenvalue weighted by Crippen LogP contribution is 2.26. The molecule has 3 aromatic rings. The number of rotatable bonds is 6. The Kier molecular flexibility index (Phi) is 5.79. The number of hydrogen-bond acceptors (Lipinski definition) is 7. The van der Waals surface area contributed by atoms with Gasteiger partial charge in [0, 0.05) is 23.3 Å². The van der Waals surface area contributed by atoms with Gasteiger partial charge < -0.3 is 9.15 Å². The van der Waals surface area contributed by atoms with Crippen molar-refractivity contribution in [3.05, 3.63) is 87.7 Å². The molecule has 1 heterocycles. The Balaban J connectivity index is 1.72. The van der Waals surface area contributed by atoms with Gasteiger partial charge in [0.2, 0.25) is 0 Å². The lowest BCUT2D eigenvalue weighted by atomic mass is 10.1. The first-order chi connectivity index (χ1) is 14.0. The average Bonchev–Trinajstić information content (AvgIpc) is 3.22. The Morgan fingerprint density at radius 1 is 1.14 bits per heavy atom. The van der Waals surface area contributed by atoms with Crippen LogP contribution in [-0.4, -0.2) is 30.1 Å². The van der Waals surface area contributed by atoms with Crippen LogP contribution in [0.4, 0.5) is 5.69 Å². The lowest BCUT2D eigenvalue weighted by Crippen LogP contribution is -2.17. The second kappa shape index (κ2) is 8.61. The highest BCUT2D eigenvalue weighted by molar-refractivity contribution is 5.97. The van der Waals surface area contributed by atoms with Gasteiger partial charge in [0.15, 0.2) is 0 Å². The molecule has 29 heavy (non-hydrogen) atoms. The van der Waals surface area contributed by atoms with E-state index in [4.69, 9.17) is 9.15 Å².